The Morgan fingerprint density at radius 3 is 2.20 bits per heavy atom. The third-order valence-electron chi connectivity index (χ3n) is 1.27. The fraction of sp³-hybridized carbons (Fsp3) is 0.250. The van der Waals surface area contributed by atoms with Gasteiger partial charge in [-0.2, -0.15) is 0 Å². The van der Waals surface area contributed by atoms with Crippen molar-refractivity contribution in [3.05, 3.63) is 35.4 Å². The standard InChI is InChI=1S/C8H9Cl.Mg.2H/c1-7-2-4-8(6-9)5-3-7;;;/h2-5H,6H2,1H3;;;/q;+2;2*-1. The Labute approximate surface area is 85.7 Å². The zero-order valence-electron chi connectivity index (χ0n) is 8.10. The van der Waals surface area contributed by atoms with E-state index in [0.717, 1.165) is 0 Å². The molecule has 0 amide bonds. The summed E-state index contributed by atoms with van der Waals surface area (Å²) in [7, 11) is 0. The van der Waals surface area contributed by atoms with Crippen LogP contribution in [0, 0.1) is 6.92 Å². The molecule has 0 aliphatic rings. The molecule has 0 aromatic heterocycles. The minimum atomic E-state index is 0. The van der Waals surface area contributed by atoms with Crippen LogP contribution in [0.5, 0.6) is 0 Å². The molecule has 0 saturated heterocycles. The number of hydrogen-bond donors (Lipinski definition) is 0. The van der Waals surface area contributed by atoms with E-state index >= 15 is 0 Å². The van der Waals surface area contributed by atoms with Gasteiger partial charge in [0.05, 0.1) is 0 Å². The van der Waals surface area contributed by atoms with Crippen LogP contribution < -0.4 is 0 Å². The number of alkyl halides is 1. The number of rotatable bonds is 1. The smallest absolute Gasteiger partial charge is 1.00 e. The molecule has 0 aliphatic heterocycles. The Morgan fingerprint density at radius 1 is 1.30 bits per heavy atom. The predicted molar refractivity (Wildman–Crippen MR) is 48.7 cm³/mol. The van der Waals surface area contributed by atoms with Crippen LogP contribution in [0.1, 0.15) is 14.0 Å². The van der Waals surface area contributed by atoms with Crippen molar-refractivity contribution in [2.45, 2.75) is 12.8 Å². The molecule has 0 nitrogen and oxygen atoms in total. The molecule has 0 aliphatic carbocycles. The van der Waals surface area contributed by atoms with Gasteiger partial charge in [0, 0.05) is 5.88 Å². The van der Waals surface area contributed by atoms with E-state index < -0.39 is 0 Å². The average molecular weight is 167 g/mol. The molecule has 0 saturated carbocycles. The van der Waals surface area contributed by atoms with E-state index in [4.69, 9.17) is 11.6 Å². The molecule has 0 heterocycles. The van der Waals surface area contributed by atoms with E-state index in [2.05, 4.69) is 19.1 Å². The van der Waals surface area contributed by atoms with E-state index in [1.807, 2.05) is 12.1 Å². The van der Waals surface area contributed by atoms with Gasteiger partial charge in [0.25, 0.3) is 0 Å². The SMILES string of the molecule is Cc1ccc(CCl)cc1.[H-].[H-].[Mg+2]. The second kappa shape index (κ2) is 5.00. The topological polar surface area (TPSA) is 0 Å². The first kappa shape index (κ1) is 10.3. The van der Waals surface area contributed by atoms with Gasteiger partial charge < -0.3 is 2.85 Å². The summed E-state index contributed by atoms with van der Waals surface area (Å²) in [5.74, 6) is 0.611. The molecule has 1 aromatic rings. The van der Waals surface area contributed by atoms with Gasteiger partial charge in [-0.3, -0.25) is 0 Å². The van der Waals surface area contributed by atoms with Gasteiger partial charge in [-0.15, -0.1) is 11.6 Å². The molecule has 0 unspecified atom stereocenters. The third kappa shape index (κ3) is 2.91. The maximum absolute atomic E-state index is 5.58. The van der Waals surface area contributed by atoms with E-state index in [0.29, 0.717) is 5.88 Å². The molecular formula is C8H11ClMg. The van der Waals surface area contributed by atoms with Gasteiger partial charge in [-0.25, -0.2) is 0 Å². The molecule has 0 N–H and O–H groups in total. The zero-order valence-corrected chi connectivity index (χ0v) is 8.27. The summed E-state index contributed by atoms with van der Waals surface area (Å²) in [5.41, 5.74) is 2.46. The van der Waals surface area contributed by atoms with Gasteiger partial charge in [-0.05, 0) is 12.5 Å². The second-order valence-electron chi connectivity index (χ2n) is 2.12. The molecule has 0 atom stereocenters. The van der Waals surface area contributed by atoms with E-state index in [1.54, 1.807) is 0 Å². The van der Waals surface area contributed by atoms with Crippen LogP contribution >= 0.6 is 11.6 Å². The van der Waals surface area contributed by atoms with Crippen molar-refractivity contribution in [1.29, 1.82) is 0 Å². The van der Waals surface area contributed by atoms with Crippen LogP contribution in [-0.2, 0) is 5.88 Å². The quantitative estimate of drug-likeness (QED) is 0.445. The molecule has 10 heavy (non-hydrogen) atoms. The van der Waals surface area contributed by atoms with Crippen LogP contribution in [0.4, 0.5) is 0 Å². The van der Waals surface area contributed by atoms with Gasteiger partial charge in [-0.1, -0.05) is 29.8 Å². The maximum Gasteiger partial charge on any atom is 2.00 e. The van der Waals surface area contributed by atoms with Crippen molar-refractivity contribution in [3.63, 3.8) is 0 Å². The third-order valence-corrected chi connectivity index (χ3v) is 1.58. The fourth-order valence-corrected chi connectivity index (χ4v) is 0.855. The second-order valence-corrected chi connectivity index (χ2v) is 2.39. The van der Waals surface area contributed by atoms with Crippen molar-refractivity contribution in [2.24, 2.45) is 0 Å². The summed E-state index contributed by atoms with van der Waals surface area (Å²) < 4.78 is 0. The Bertz CT molecular complexity index is 189. The summed E-state index contributed by atoms with van der Waals surface area (Å²) in [4.78, 5) is 0. The molecule has 0 radical (unpaired) electrons. The summed E-state index contributed by atoms with van der Waals surface area (Å²) in [5, 5.41) is 0. The zero-order chi connectivity index (χ0) is 6.69. The fourth-order valence-electron chi connectivity index (χ4n) is 0.677. The average Bonchev–Trinajstić information content (AvgIpc) is 1.90. The summed E-state index contributed by atoms with van der Waals surface area (Å²) in [6.45, 7) is 2.07. The van der Waals surface area contributed by atoms with Crippen molar-refractivity contribution < 1.29 is 2.85 Å². The van der Waals surface area contributed by atoms with E-state index in [9.17, 15) is 0 Å². The van der Waals surface area contributed by atoms with Gasteiger partial charge in [0.1, 0.15) is 0 Å². The summed E-state index contributed by atoms with van der Waals surface area (Å²) in [6, 6.07) is 8.22. The Hall–Kier alpha value is 0.276. The number of benzene rings is 1. The molecule has 52 valence electrons. The van der Waals surface area contributed by atoms with Gasteiger partial charge in [0.15, 0.2) is 0 Å². The van der Waals surface area contributed by atoms with Crippen LogP contribution in [0.25, 0.3) is 0 Å². The summed E-state index contributed by atoms with van der Waals surface area (Å²) >= 11 is 5.58. The minimum absolute atomic E-state index is 0. The predicted octanol–water partition coefficient (Wildman–Crippen LogP) is 2.58. The largest absolute Gasteiger partial charge is 2.00 e. The number of hydrogen-bond acceptors (Lipinski definition) is 0. The van der Waals surface area contributed by atoms with Crippen molar-refractivity contribution in [2.75, 3.05) is 0 Å². The van der Waals surface area contributed by atoms with Crippen molar-refractivity contribution in [3.8, 4) is 0 Å². The molecular weight excluding hydrogens is 156 g/mol. The first-order valence-corrected chi connectivity index (χ1v) is 3.48. The first-order chi connectivity index (χ1) is 4.33. The molecule has 0 fully saturated rings. The van der Waals surface area contributed by atoms with Crippen molar-refractivity contribution >= 4 is 34.7 Å². The first-order valence-electron chi connectivity index (χ1n) is 2.94. The normalized spacial score (nSPS) is 8.60. The molecule has 2 heteroatoms. The van der Waals surface area contributed by atoms with E-state index in [-0.39, 0.29) is 25.9 Å². The Balaban J connectivity index is -0.000000270. The minimum Gasteiger partial charge on any atom is -1.00 e. The van der Waals surface area contributed by atoms with Crippen LogP contribution in [0.3, 0.4) is 0 Å². The van der Waals surface area contributed by atoms with Crippen molar-refractivity contribution in [1.82, 2.24) is 0 Å². The van der Waals surface area contributed by atoms with E-state index in [1.165, 1.54) is 11.1 Å². The summed E-state index contributed by atoms with van der Waals surface area (Å²) in [6.07, 6.45) is 0. The van der Waals surface area contributed by atoms with Gasteiger partial charge in [0.2, 0.25) is 0 Å². The Kier molecular flexibility index (Phi) is 5.14. The number of halogens is 1. The van der Waals surface area contributed by atoms with Crippen LogP contribution in [-0.4, -0.2) is 23.1 Å². The molecule has 0 spiro atoms. The maximum atomic E-state index is 5.58. The Morgan fingerprint density at radius 2 is 1.80 bits per heavy atom. The van der Waals surface area contributed by atoms with Crippen LogP contribution in [0.15, 0.2) is 24.3 Å². The number of aryl methyl sites for hydroxylation is 1. The molecule has 1 rings (SSSR count). The molecule has 0 bridgehead atoms. The van der Waals surface area contributed by atoms with Crippen LogP contribution in [0.2, 0.25) is 0 Å². The van der Waals surface area contributed by atoms with Gasteiger partial charge >= 0.3 is 23.1 Å². The molecule has 1 aromatic carbocycles. The monoisotopic (exact) mass is 166 g/mol.